The lowest BCUT2D eigenvalue weighted by Gasteiger charge is -1.95. The van der Waals surface area contributed by atoms with Crippen LogP contribution in [0.25, 0.3) is 0 Å². The zero-order valence-electron chi connectivity index (χ0n) is 6.03. The van der Waals surface area contributed by atoms with Crippen LogP contribution in [-0.2, 0) is 4.74 Å². The number of ether oxygens (including phenoxy) is 1. The summed E-state index contributed by atoms with van der Waals surface area (Å²) >= 11 is 0. The molecule has 0 unspecified atom stereocenters. The Labute approximate surface area is 56.7 Å². The molecule has 0 atom stereocenters. The van der Waals surface area contributed by atoms with Gasteiger partial charge < -0.3 is 4.74 Å². The first-order chi connectivity index (χ1) is 4.27. The van der Waals surface area contributed by atoms with Crippen molar-refractivity contribution in [2.75, 3.05) is 13.2 Å². The maximum Gasteiger partial charge on any atom is 0.108 e. The van der Waals surface area contributed by atoms with Crippen LogP contribution in [0.3, 0.4) is 0 Å². The predicted octanol–water partition coefficient (Wildman–Crippen LogP) is 1.60. The second-order valence-electron chi connectivity index (χ2n) is 1.88. The molecule has 0 saturated carbocycles. The van der Waals surface area contributed by atoms with Crippen LogP contribution < -0.4 is 0 Å². The minimum absolute atomic E-state index is 0.517. The van der Waals surface area contributed by atoms with Crippen LogP contribution in [-0.4, -0.2) is 13.2 Å². The van der Waals surface area contributed by atoms with Crippen molar-refractivity contribution in [2.45, 2.75) is 13.8 Å². The van der Waals surface area contributed by atoms with Crippen molar-refractivity contribution in [1.82, 2.24) is 0 Å². The molecule has 0 aromatic heterocycles. The fourth-order valence-corrected chi connectivity index (χ4v) is 0.348. The summed E-state index contributed by atoms with van der Waals surface area (Å²) in [4.78, 5) is 0. The van der Waals surface area contributed by atoms with Crippen LogP contribution in [0.5, 0.6) is 0 Å². The molecule has 1 nitrogen and oxygen atoms in total. The van der Waals surface area contributed by atoms with Gasteiger partial charge >= 0.3 is 0 Å². The molecule has 0 amide bonds. The number of hydrogen-bond acceptors (Lipinski definition) is 1. The van der Waals surface area contributed by atoms with Crippen molar-refractivity contribution in [1.29, 1.82) is 0 Å². The Morgan fingerprint density at radius 1 is 1.67 bits per heavy atom. The predicted molar refractivity (Wildman–Crippen MR) is 39.1 cm³/mol. The molecule has 50 valence electrons. The summed E-state index contributed by atoms with van der Waals surface area (Å²) in [6.45, 7) is 8.54. The number of hydrogen-bond donors (Lipinski definition) is 0. The summed E-state index contributed by atoms with van der Waals surface area (Å²) in [7, 11) is 0. The molecule has 0 rings (SSSR count). The molecule has 0 saturated heterocycles. The van der Waals surface area contributed by atoms with Crippen LogP contribution >= 0.6 is 0 Å². The lowest BCUT2D eigenvalue weighted by atomic mass is 10.4. The summed E-state index contributed by atoms with van der Waals surface area (Å²) in [6, 6.07) is 0. The van der Waals surface area contributed by atoms with Gasteiger partial charge in [-0.3, -0.25) is 0 Å². The van der Waals surface area contributed by atoms with Crippen molar-refractivity contribution in [3.05, 3.63) is 12.2 Å². The first kappa shape index (κ1) is 8.26. The molecular formula is C8H12O. The Morgan fingerprint density at radius 3 is 2.78 bits per heavy atom. The highest BCUT2D eigenvalue weighted by molar-refractivity contribution is 4.96. The van der Waals surface area contributed by atoms with E-state index in [0.29, 0.717) is 13.2 Å². The van der Waals surface area contributed by atoms with E-state index in [1.165, 1.54) is 0 Å². The minimum atomic E-state index is 0.517. The lowest BCUT2D eigenvalue weighted by molar-refractivity contribution is 0.192. The average molecular weight is 124 g/mol. The summed E-state index contributed by atoms with van der Waals surface area (Å²) < 4.78 is 5.06. The van der Waals surface area contributed by atoms with Crippen molar-refractivity contribution in [3.8, 4) is 11.8 Å². The van der Waals surface area contributed by atoms with Gasteiger partial charge in [0.2, 0.25) is 0 Å². The van der Waals surface area contributed by atoms with Crippen LogP contribution in [0.1, 0.15) is 13.8 Å². The fourth-order valence-electron chi connectivity index (χ4n) is 0.348. The van der Waals surface area contributed by atoms with Crippen LogP contribution in [0, 0.1) is 11.8 Å². The maximum atomic E-state index is 5.06. The molecule has 0 aromatic carbocycles. The highest BCUT2D eigenvalue weighted by atomic mass is 16.5. The molecule has 1 heteroatoms. The maximum absolute atomic E-state index is 5.06. The summed E-state index contributed by atoms with van der Waals surface area (Å²) in [5, 5.41) is 0. The second-order valence-corrected chi connectivity index (χ2v) is 1.88. The third kappa shape index (κ3) is 7.26. The second kappa shape index (κ2) is 5.40. The minimum Gasteiger partial charge on any atom is -0.364 e. The topological polar surface area (TPSA) is 9.23 Å². The summed E-state index contributed by atoms with van der Waals surface area (Å²) in [6.07, 6.45) is 0. The standard InChI is InChI=1S/C8H12O/c1-4-5-6-9-7-8(2)3/h2,6-7H2,1,3H3. The van der Waals surface area contributed by atoms with E-state index < -0.39 is 0 Å². The molecule has 0 bridgehead atoms. The molecule has 0 heterocycles. The van der Waals surface area contributed by atoms with Gasteiger partial charge in [-0.2, -0.15) is 0 Å². The lowest BCUT2D eigenvalue weighted by Crippen LogP contribution is -1.94. The van der Waals surface area contributed by atoms with E-state index in [-0.39, 0.29) is 0 Å². The molecule has 0 aromatic rings. The zero-order valence-corrected chi connectivity index (χ0v) is 6.03. The molecular weight excluding hydrogens is 112 g/mol. The molecule has 0 aliphatic heterocycles. The fraction of sp³-hybridized carbons (Fsp3) is 0.500. The first-order valence-corrected chi connectivity index (χ1v) is 2.89. The van der Waals surface area contributed by atoms with Crippen LogP contribution in [0.4, 0.5) is 0 Å². The Kier molecular flexibility index (Phi) is 4.95. The van der Waals surface area contributed by atoms with Crippen molar-refractivity contribution in [2.24, 2.45) is 0 Å². The van der Waals surface area contributed by atoms with Crippen molar-refractivity contribution >= 4 is 0 Å². The van der Waals surface area contributed by atoms with Gasteiger partial charge in [-0.05, 0) is 13.8 Å². The largest absolute Gasteiger partial charge is 0.364 e. The van der Waals surface area contributed by atoms with E-state index in [4.69, 9.17) is 4.74 Å². The van der Waals surface area contributed by atoms with Crippen molar-refractivity contribution < 1.29 is 4.74 Å². The van der Waals surface area contributed by atoms with E-state index in [1.54, 1.807) is 6.92 Å². The van der Waals surface area contributed by atoms with Gasteiger partial charge in [0, 0.05) is 0 Å². The Hall–Kier alpha value is -0.740. The molecule has 0 fully saturated rings. The summed E-state index contributed by atoms with van der Waals surface area (Å²) in [5.41, 5.74) is 1.04. The smallest absolute Gasteiger partial charge is 0.108 e. The van der Waals surface area contributed by atoms with Gasteiger partial charge in [0.05, 0.1) is 6.61 Å². The average Bonchev–Trinajstić information content (AvgIpc) is 1.80. The molecule has 0 N–H and O–H groups in total. The van der Waals surface area contributed by atoms with Gasteiger partial charge in [0.15, 0.2) is 0 Å². The van der Waals surface area contributed by atoms with Crippen LogP contribution in [0.2, 0.25) is 0 Å². The first-order valence-electron chi connectivity index (χ1n) is 2.89. The summed E-state index contributed by atoms with van der Waals surface area (Å²) in [5.74, 6) is 5.53. The molecule has 0 aliphatic carbocycles. The van der Waals surface area contributed by atoms with Crippen LogP contribution in [0.15, 0.2) is 12.2 Å². The molecule has 9 heavy (non-hydrogen) atoms. The van der Waals surface area contributed by atoms with E-state index in [1.807, 2.05) is 6.92 Å². The number of rotatable bonds is 3. The van der Waals surface area contributed by atoms with E-state index in [2.05, 4.69) is 18.4 Å². The van der Waals surface area contributed by atoms with E-state index >= 15 is 0 Å². The quantitative estimate of drug-likeness (QED) is 0.315. The third-order valence-electron chi connectivity index (χ3n) is 0.699. The molecule has 0 aliphatic rings. The van der Waals surface area contributed by atoms with Gasteiger partial charge in [-0.25, -0.2) is 0 Å². The monoisotopic (exact) mass is 124 g/mol. The van der Waals surface area contributed by atoms with Gasteiger partial charge in [0.1, 0.15) is 6.61 Å². The molecule has 0 radical (unpaired) electrons. The highest BCUT2D eigenvalue weighted by Crippen LogP contribution is 1.85. The Balaban J connectivity index is 3.07. The van der Waals surface area contributed by atoms with Gasteiger partial charge in [-0.1, -0.05) is 18.1 Å². The van der Waals surface area contributed by atoms with Crippen molar-refractivity contribution in [3.63, 3.8) is 0 Å². The van der Waals surface area contributed by atoms with Gasteiger partial charge in [0.25, 0.3) is 0 Å². The Morgan fingerprint density at radius 2 is 2.33 bits per heavy atom. The highest BCUT2D eigenvalue weighted by Gasteiger charge is 1.81. The zero-order chi connectivity index (χ0) is 7.11. The third-order valence-corrected chi connectivity index (χ3v) is 0.699. The normalized spacial score (nSPS) is 7.78. The SMILES string of the molecule is C=C(C)COCC#CC. The van der Waals surface area contributed by atoms with E-state index in [0.717, 1.165) is 5.57 Å². The Bertz CT molecular complexity index is 136. The van der Waals surface area contributed by atoms with Gasteiger partial charge in [-0.15, -0.1) is 5.92 Å². The molecule has 0 spiro atoms. The van der Waals surface area contributed by atoms with E-state index in [9.17, 15) is 0 Å².